The lowest BCUT2D eigenvalue weighted by Crippen LogP contribution is -2.50. The maximum absolute atomic E-state index is 11.7. The van der Waals surface area contributed by atoms with E-state index in [1.54, 1.807) is 13.8 Å². The second-order valence-corrected chi connectivity index (χ2v) is 6.26. The maximum atomic E-state index is 11.7. The quantitative estimate of drug-likeness (QED) is 0.657. The molecule has 4 N–H and O–H groups in total. The van der Waals surface area contributed by atoms with E-state index in [9.17, 15) is 8.42 Å². The standard InChI is InChI=1S/C10H23N3O2S/c1-8(2)12-16(14,15)13-10-6-4-3-5-9(10)7-11/h8-10,12-13H,3-7,11H2,1-2H3. The summed E-state index contributed by atoms with van der Waals surface area (Å²) in [5, 5.41) is 0. The van der Waals surface area contributed by atoms with Gasteiger partial charge in [0.25, 0.3) is 10.2 Å². The second-order valence-electron chi connectivity index (χ2n) is 4.78. The van der Waals surface area contributed by atoms with E-state index in [0.717, 1.165) is 25.7 Å². The fourth-order valence-corrected chi connectivity index (χ4v) is 3.59. The molecule has 1 aliphatic carbocycles. The first kappa shape index (κ1) is 13.9. The summed E-state index contributed by atoms with van der Waals surface area (Å²) in [5.74, 6) is 0.275. The first-order chi connectivity index (χ1) is 7.44. The Morgan fingerprint density at radius 2 is 1.94 bits per heavy atom. The van der Waals surface area contributed by atoms with Gasteiger partial charge in [0.1, 0.15) is 0 Å². The molecule has 5 nitrogen and oxygen atoms in total. The second kappa shape index (κ2) is 5.95. The first-order valence-corrected chi connectivity index (χ1v) is 7.42. The summed E-state index contributed by atoms with van der Waals surface area (Å²) in [7, 11) is -3.38. The molecule has 0 spiro atoms. The molecule has 2 atom stereocenters. The van der Waals surface area contributed by atoms with Crippen molar-refractivity contribution < 1.29 is 8.42 Å². The van der Waals surface area contributed by atoms with Gasteiger partial charge in [0.05, 0.1) is 0 Å². The Balaban J connectivity index is 2.57. The summed E-state index contributed by atoms with van der Waals surface area (Å²) in [6.07, 6.45) is 4.13. The molecule has 1 fully saturated rings. The number of hydrogen-bond donors (Lipinski definition) is 3. The average Bonchev–Trinajstić information content (AvgIpc) is 2.15. The molecule has 0 aromatic carbocycles. The molecule has 96 valence electrons. The van der Waals surface area contributed by atoms with Gasteiger partial charge in [-0.25, -0.2) is 0 Å². The molecule has 0 radical (unpaired) electrons. The van der Waals surface area contributed by atoms with Crippen molar-refractivity contribution >= 4 is 10.2 Å². The van der Waals surface area contributed by atoms with Gasteiger partial charge < -0.3 is 5.73 Å². The van der Waals surface area contributed by atoms with Crippen LogP contribution in [0.1, 0.15) is 39.5 Å². The summed E-state index contributed by atoms with van der Waals surface area (Å²) in [5.41, 5.74) is 5.66. The predicted octanol–water partition coefficient (Wildman–Crippen LogP) is 0.336. The highest BCUT2D eigenvalue weighted by atomic mass is 32.2. The lowest BCUT2D eigenvalue weighted by atomic mass is 9.85. The van der Waals surface area contributed by atoms with E-state index in [1.807, 2.05) is 0 Å². The van der Waals surface area contributed by atoms with Crippen molar-refractivity contribution in [1.82, 2.24) is 9.44 Å². The van der Waals surface area contributed by atoms with Crippen LogP contribution in [0.15, 0.2) is 0 Å². The van der Waals surface area contributed by atoms with Crippen molar-refractivity contribution in [2.24, 2.45) is 11.7 Å². The van der Waals surface area contributed by atoms with E-state index in [2.05, 4.69) is 9.44 Å². The van der Waals surface area contributed by atoms with Gasteiger partial charge in [-0.2, -0.15) is 17.9 Å². The van der Waals surface area contributed by atoms with E-state index >= 15 is 0 Å². The molecule has 0 aromatic rings. The minimum Gasteiger partial charge on any atom is -0.330 e. The van der Waals surface area contributed by atoms with Crippen molar-refractivity contribution in [3.63, 3.8) is 0 Å². The number of nitrogens with two attached hydrogens (primary N) is 1. The molecule has 1 aliphatic rings. The third kappa shape index (κ3) is 4.37. The molecule has 0 aromatic heterocycles. The van der Waals surface area contributed by atoms with Crippen LogP contribution in [-0.2, 0) is 10.2 Å². The van der Waals surface area contributed by atoms with Crippen LogP contribution in [0.5, 0.6) is 0 Å². The number of nitrogens with one attached hydrogen (secondary N) is 2. The molecule has 0 saturated heterocycles. The SMILES string of the molecule is CC(C)NS(=O)(=O)NC1CCCCC1CN. The van der Waals surface area contributed by atoms with Crippen LogP contribution in [0.25, 0.3) is 0 Å². The zero-order valence-electron chi connectivity index (χ0n) is 10.1. The van der Waals surface area contributed by atoms with Gasteiger partial charge >= 0.3 is 0 Å². The Labute approximate surface area is 98.4 Å². The lowest BCUT2D eigenvalue weighted by molar-refractivity contribution is 0.295. The van der Waals surface area contributed by atoms with E-state index in [1.165, 1.54) is 0 Å². The van der Waals surface area contributed by atoms with Gasteiger partial charge in [0, 0.05) is 12.1 Å². The highest BCUT2D eigenvalue weighted by molar-refractivity contribution is 7.87. The molecule has 0 heterocycles. The Morgan fingerprint density at radius 1 is 1.31 bits per heavy atom. The average molecular weight is 249 g/mol. The van der Waals surface area contributed by atoms with Crippen molar-refractivity contribution in [3.05, 3.63) is 0 Å². The van der Waals surface area contributed by atoms with Crippen LogP contribution in [0.3, 0.4) is 0 Å². The minimum atomic E-state index is -3.38. The summed E-state index contributed by atoms with van der Waals surface area (Å²) >= 11 is 0. The smallest absolute Gasteiger partial charge is 0.277 e. The van der Waals surface area contributed by atoms with Crippen molar-refractivity contribution in [3.8, 4) is 0 Å². The highest BCUT2D eigenvalue weighted by Crippen LogP contribution is 2.23. The third-order valence-corrected chi connectivity index (χ3v) is 4.30. The monoisotopic (exact) mass is 249 g/mol. The zero-order valence-corrected chi connectivity index (χ0v) is 10.9. The molecule has 16 heavy (non-hydrogen) atoms. The Morgan fingerprint density at radius 3 is 2.50 bits per heavy atom. The summed E-state index contributed by atoms with van der Waals surface area (Å²) in [6, 6.07) is -0.0904. The van der Waals surface area contributed by atoms with Crippen LogP contribution in [0.4, 0.5) is 0 Å². The van der Waals surface area contributed by atoms with Crippen LogP contribution in [-0.4, -0.2) is 27.0 Å². The minimum absolute atomic E-state index is 0.00463. The van der Waals surface area contributed by atoms with E-state index in [0.29, 0.717) is 6.54 Å². The molecule has 0 bridgehead atoms. The van der Waals surface area contributed by atoms with Crippen molar-refractivity contribution in [1.29, 1.82) is 0 Å². The lowest BCUT2D eigenvalue weighted by Gasteiger charge is -2.31. The molecule has 6 heteroatoms. The molecule has 0 aliphatic heterocycles. The highest BCUT2D eigenvalue weighted by Gasteiger charge is 2.27. The first-order valence-electron chi connectivity index (χ1n) is 5.94. The van der Waals surface area contributed by atoms with E-state index in [4.69, 9.17) is 5.73 Å². The van der Waals surface area contributed by atoms with Gasteiger partial charge in [-0.1, -0.05) is 12.8 Å². The Hall–Kier alpha value is -0.170. The Bertz CT molecular complexity index is 303. The number of hydrogen-bond acceptors (Lipinski definition) is 3. The maximum Gasteiger partial charge on any atom is 0.277 e. The van der Waals surface area contributed by atoms with Gasteiger partial charge in [0.2, 0.25) is 0 Å². The van der Waals surface area contributed by atoms with E-state index < -0.39 is 10.2 Å². The van der Waals surface area contributed by atoms with Gasteiger partial charge in [0.15, 0.2) is 0 Å². The number of rotatable bonds is 5. The molecule has 1 saturated carbocycles. The van der Waals surface area contributed by atoms with Crippen molar-refractivity contribution in [2.75, 3.05) is 6.54 Å². The summed E-state index contributed by atoms with van der Waals surface area (Å²) < 4.78 is 28.7. The molecule has 1 rings (SSSR count). The molecular weight excluding hydrogens is 226 g/mol. The summed E-state index contributed by atoms with van der Waals surface area (Å²) in [4.78, 5) is 0. The topological polar surface area (TPSA) is 84.2 Å². The van der Waals surface area contributed by atoms with Gasteiger partial charge in [-0.3, -0.25) is 0 Å². The largest absolute Gasteiger partial charge is 0.330 e. The fourth-order valence-electron chi connectivity index (χ4n) is 2.19. The van der Waals surface area contributed by atoms with Crippen LogP contribution in [0, 0.1) is 5.92 Å². The normalized spacial score (nSPS) is 27.2. The third-order valence-electron chi connectivity index (χ3n) is 2.91. The fraction of sp³-hybridized carbons (Fsp3) is 1.00. The van der Waals surface area contributed by atoms with Gasteiger partial charge in [-0.05, 0) is 39.2 Å². The molecular formula is C10H23N3O2S. The predicted molar refractivity (Wildman–Crippen MR) is 65.1 cm³/mol. The van der Waals surface area contributed by atoms with Gasteiger partial charge in [-0.15, -0.1) is 0 Å². The summed E-state index contributed by atoms with van der Waals surface area (Å²) in [6.45, 7) is 4.16. The van der Waals surface area contributed by atoms with Crippen LogP contribution >= 0.6 is 0 Å². The van der Waals surface area contributed by atoms with E-state index in [-0.39, 0.29) is 18.0 Å². The van der Waals surface area contributed by atoms with Crippen molar-refractivity contribution in [2.45, 2.75) is 51.6 Å². The molecule has 2 unspecified atom stereocenters. The zero-order chi connectivity index (χ0) is 12.2. The Kier molecular flexibility index (Phi) is 5.17. The van der Waals surface area contributed by atoms with Crippen LogP contribution in [0.2, 0.25) is 0 Å². The van der Waals surface area contributed by atoms with Crippen LogP contribution < -0.4 is 15.2 Å². The molecule has 0 amide bonds.